The fraction of sp³-hybridized carbons (Fsp3) is 0.391. The molecule has 0 amide bonds. The van der Waals surface area contributed by atoms with E-state index < -0.39 is 18.8 Å². The van der Waals surface area contributed by atoms with Crippen molar-refractivity contribution in [2.45, 2.75) is 46.0 Å². The third-order valence-electron chi connectivity index (χ3n) is 5.32. The molecule has 1 atom stereocenters. The summed E-state index contributed by atoms with van der Waals surface area (Å²) in [6.07, 6.45) is -4.36. The van der Waals surface area contributed by atoms with E-state index in [0.29, 0.717) is 48.0 Å². The molecule has 6 nitrogen and oxygen atoms in total. The standard InChI is InChI=1S/C23H23F4N3O3/c1-13-8-16(9-17(11-24)28-13)21-18-6-7-32-14(2)12-30(18)22(29-21)15-4-5-19(20(10-15)31-3)33-23(25,26)27/h4-5,8-10,14H,6-7,11-12H2,1-3H3/t14-/m1/s1. The lowest BCUT2D eigenvalue weighted by molar-refractivity contribution is -0.275. The van der Waals surface area contributed by atoms with Gasteiger partial charge in [0.25, 0.3) is 0 Å². The molecule has 1 aromatic carbocycles. The van der Waals surface area contributed by atoms with E-state index >= 15 is 0 Å². The summed E-state index contributed by atoms with van der Waals surface area (Å²) in [4.78, 5) is 9.03. The van der Waals surface area contributed by atoms with Gasteiger partial charge in [-0.05, 0) is 44.2 Å². The summed E-state index contributed by atoms with van der Waals surface area (Å²) in [6.45, 7) is 4.02. The van der Waals surface area contributed by atoms with Crippen LogP contribution in [0.25, 0.3) is 22.6 Å². The number of ether oxygens (including phenoxy) is 3. The quantitative estimate of drug-likeness (QED) is 0.481. The number of imidazole rings is 1. The highest BCUT2D eigenvalue weighted by Gasteiger charge is 2.33. The van der Waals surface area contributed by atoms with Crippen LogP contribution in [-0.4, -0.2) is 40.7 Å². The molecule has 1 aliphatic rings. The van der Waals surface area contributed by atoms with Crippen LogP contribution in [0.2, 0.25) is 0 Å². The number of alkyl halides is 4. The Bertz CT molecular complexity index is 1160. The van der Waals surface area contributed by atoms with E-state index in [4.69, 9.17) is 14.5 Å². The number of pyridine rings is 1. The number of methoxy groups -OCH3 is 1. The van der Waals surface area contributed by atoms with E-state index in [-0.39, 0.29) is 11.9 Å². The first-order valence-electron chi connectivity index (χ1n) is 10.4. The summed E-state index contributed by atoms with van der Waals surface area (Å²) in [5.41, 5.74) is 3.82. The highest BCUT2D eigenvalue weighted by atomic mass is 19.4. The molecule has 0 unspecified atom stereocenters. The van der Waals surface area contributed by atoms with Crippen molar-refractivity contribution in [1.29, 1.82) is 0 Å². The Morgan fingerprint density at radius 3 is 2.61 bits per heavy atom. The maximum Gasteiger partial charge on any atom is 0.573 e. The molecule has 0 aliphatic carbocycles. The largest absolute Gasteiger partial charge is 0.573 e. The van der Waals surface area contributed by atoms with E-state index in [1.165, 1.54) is 25.3 Å². The predicted molar refractivity (Wildman–Crippen MR) is 113 cm³/mol. The minimum atomic E-state index is -4.84. The lowest BCUT2D eigenvalue weighted by Crippen LogP contribution is -2.17. The summed E-state index contributed by atoms with van der Waals surface area (Å²) in [5.74, 6) is 0.0391. The molecule has 1 aliphatic heterocycles. The Morgan fingerprint density at radius 2 is 1.91 bits per heavy atom. The van der Waals surface area contributed by atoms with Crippen LogP contribution < -0.4 is 9.47 Å². The lowest BCUT2D eigenvalue weighted by Gasteiger charge is -2.15. The first kappa shape index (κ1) is 23.0. The van der Waals surface area contributed by atoms with E-state index in [9.17, 15) is 17.6 Å². The van der Waals surface area contributed by atoms with Crippen molar-refractivity contribution in [1.82, 2.24) is 14.5 Å². The van der Waals surface area contributed by atoms with Crippen LogP contribution >= 0.6 is 0 Å². The SMILES string of the molecule is COc1cc(-c2nc(-c3cc(C)nc(CF)c3)c3n2C[C@@H](C)OCC3)ccc1OC(F)(F)F. The van der Waals surface area contributed by atoms with Crippen molar-refractivity contribution >= 4 is 0 Å². The van der Waals surface area contributed by atoms with Crippen molar-refractivity contribution in [2.75, 3.05) is 13.7 Å². The molecule has 0 N–H and O–H groups in total. The first-order chi connectivity index (χ1) is 15.7. The van der Waals surface area contributed by atoms with Crippen molar-refractivity contribution in [3.63, 3.8) is 0 Å². The maximum absolute atomic E-state index is 13.4. The van der Waals surface area contributed by atoms with Crippen LogP contribution in [0, 0.1) is 6.92 Å². The zero-order valence-corrected chi connectivity index (χ0v) is 18.4. The van der Waals surface area contributed by atoms with E-state index in [1.54, 1.807) is 13.0 Å². The highest BCUT2D eigenvalue weighted by molar-refractivity contribution is 5.70. The topological polar surface area (TPSA) is 58.4 Å². The molecule has 0 fully saturated rings. The highest BCUT2D eigenvalue weighted by Crippen LogP contribution is 2.38. The van der Waals surface area contributed by atoms with E-state index in [0.717, 1.165) is 11.3 Å². The molecular weight excluding hydrogens is 442 g/mol. The average molecular weight is 465 g/mol. The number of aromatic nitrogens is 3. The van der Waals surface area contributed by atoms with E-state index in [2.05, 4.69) is 9.72 Å². The number of nitrogens with zero attached hydrogens (tertiary/aromatic N) is 3. The molecule has 0 saturated heterocycles. The normalized spacial score (nSPS) is 16.3. The predicted octanol–water partition coefficient (Wildman–Crippen LogP) is 5.26. The van der Waals surface area contributed by atoms with Gasteiger partial charge in [-0.1, -0.05) is 0 Å². The number of fused-ring (bicyclic) bond motifs is 1. The van der Waals surface area contributed by atoms with Gasteiger partial charge in [-0.25, -0.2) is 9.37 Å². The molecule has 33 heavy (non-hydrogen) atoms. The third-order valence-corrected chi connectivity index (χ3v) is 5.32. The number of benzene rings is 1. The van der Waals surface area contributed by atoms with Crippen LogP contribution in [0.3, 0.4) is 0 Å². The number of aryl methyl sites for hydroxylation is 1. The van der Waals surface area contributed by atoms with Crippen LogP contribution in [-0.2, 0) is 24.4 Å². The van der Waals surface area contributed by atoms with Gasteiger partial charge >= 0.3 is 6.36 Å². The molecule has 0 radical (unpaired) electrons. The Hall–Kier alpha value is -3.14. The van der Waals surface area contributed by atoms with Gasteiger partial charge in [0.05, 0.1) is 37.8 Å². The molecule has 10 heteroatoms. The van der Waals surface area contributed by atoms with Crippen molar-refractivity contribution in [3.8, 4) is 34.1 Å². The zero-order chi connectivity index (χ0) is 23.8. The molecule has 3 aromatic rings. The summed E-state index contributed by atoms with van der Waals surface area (Å²) in [7, 11) is 1.27. The molecule has 176 valence electrons. The maximum atomic E-state index is 13.4. The van der Waals surface area contributed by atoms with Crippen LogP contribution in [0.5, 0.6) is 11.5 Å². The van der Waals surface area contributed by atoms with E-state index in [1.807, 2.05) is 17.6 Å². The van der Waals surface area contributed by atoms with Crippen LogP contribution in [0.15, 0.2) is 30.3 Å². The summed E-state index contributed by atoms with van der Waals surface area (Å²) < 4.78 is 68.6. The van der Waals surface area contributed by atoms with Crippen LogP contribution in [0.4, 0.5) is 17.6 Å². The van der Waals surface area contributed by atoms with Gasteiger partial charge in [0.15, 0.2) is 11.5 Å². The van der Waals surface area contributed by atoms with Gasteiger partial charge in [0.2, 0.25) is 0 Å². The number of rotatable bonds is 5. The first-order valence-corrected chi connectivity index (χ1v) is 10.4. The van der Waals surface area contributed by atoms with Gasteiger partial charge in [-0.15, -0.1) is 13.2 Å². The number of halogens is 4. The number of hydrogen-bond donors (Lipinski definition) is 0. The van der Waals surface area contributed by atoms with Crippen molar-refractivity contribution in [3.05, 3.63) is 47.4 Å². The summed E-state index contributed by atoms with van der Waals surface area (Å²) >= 11 is 0. The Kier molecular flexibility index (Phi) is 6.29. The van der Waals surface area contributed by atoms with Gasteiger partial charge in [0.1, 0.15) is 12.5 Å². The van der Waals surface area contributed by atoms with Crippen LogP contribution in [0.1, 0.15) is 24.0 Å². The van der Waals surface area contributed by atoms with Gasteiger partial charge in [-0.2, -0.15) is 0 Å². The lowest BCUT2D eigenvalue weighted by atomic mass is 10.1. The second-order valence-electron chi connectivity index (χ2n) is 7.81. The molecular formula is C23H23F4N3O3. The minimum absolute atomic E-state index is 0.0684. The summed E-state index contributed by atoms with van der Waals surface area (Å²) in [5, 5.41) is 0. The summed E-state index contributed by atoms with van der Waals surface area (Å²) in [6, 6.07) is 7.67. The van der Waals surface area contributed by atoms with Gasteiger partial charge < -0.3 is 18.8 Å². The Morgan fingerprint density at radius 1 is 1.12 bits per heavy atom. The average Bonchev–Trinajstić information content (AvgIpc) is 2.99. The van der Waals surface area contributed by atoms with Gasteiger partial charge in [0, 0.05) is 28.9 Å². The fourth-order valence-electron chi connectivity index (χ4n) is 4.01. The Labute approximate surface area is 188 Å². The Balaban J connectivity index is 1.87. The molecule has 0 spiro atoms. The van der Waals surface area contributed by atoms with Crippen molar-refractivity contribution < 1.29 is 31.8 Å². The minimum Gasteiger partial charge on any atom is -0.493 e. The van der Waals surface area contributed by atoms with Crippen molar-refractivity contribution in [2.24, 2.45) is 0 Å². The molecule has 0 saturated carbocycles. The molecule has 0 bridgehead atoms. The smallest absolute Gasteiger partial charge is 0.493 e. The zero-order valence-electron chi connectivity index (χ0n) is 18.4. The second kappa shape index (κ2) is 9.01. The third kappa shape index (κ3) is 4.95. The molecule has 4 rings (SSSR count). The second-order valence-corrected chi connectivity index (χ2v) is 7.81. The molecule has 3 heterocycles. The number of hydrogen-bond acceptors (Lipinski definition) is 5. The molecule has 2 aromatic heterocycles. The fourth-order valence-corrected chi connectivity index (χ4v) is 4.01. The van der Waals surface area contributed by atoms with Gasteiger partial charge in [-0.3, -0.25) is 4.98 Å². The monoisotopic (exact) mass is 465 g/mol.